The number of amides is 2. The van der Waals surface area contributed by atoms with Crippen LogP contribution in [0.4, 0.5) is 0 Å². The number of carbonyl (C=O) groups is 2. The Labute approximate surface area is 115 Å². The number of nitrogens with zero attached hydrogens (tertiary/aromatic N) is 1. The van der Waals surface area contributed by atoms with E-state index in [-0.39, 0.29) is 24.4 Å². The van der Waals surface area contributed by atoms with Gasteiger partial charge >= 0.3 is 0 Å². The van der Waals surface area contributed by atoms with Crippen LogP contribution in [-0.4, -0.2) is 48.9 Å². The molecule has 2 atom stereocenters. The maximum absolute atomic E-state index is 12.0. The third-order valence-corrected chi connectivity index (χ3v) is 4.11. The average molecular weight is 267 g/mol. The highest BCUT2D eigenvalue weighted by atomic mass is 16.2. The molecule has 2 N–H and O–H groups in total. The van der Waals surface area contributed by atoms with Gasteiger partial charge in [-0.3, -0.25) is 9.59 Å². The fourth-order valence-corrected chi connectivity index (χ4v) is 2.85. The molecule has 0 aromatic carbocycles. The summed E-state index contributed by atoms with van der Waals surface area (Å²) >= 11 is 0. The van der Waals surface area contributed by atoms with Gasteiger partial charge in [0.25, 0.3) is 0 Å². The van der Waals surface area contributed by atoms with E-state index in [1.54, 1.807) is 0 Å². The number of hydrogen-bond acceptors (Lipinski definition) is 3. The van der Waals surface area contributed by atoms with E-state index < -0.39 is 0 Å². The predicted molar refractivity (Wildman–Crippen MR) is 73.6 cm³/mol. The summed E-state index contributed by atoms with van der Waals surface area (Å²) in [6.45, 7) is 4.88. The van der Waals surface area contributed by atoms with Crippen molar-refractivity contribution in [2.45, 2.75) is 45.1 Å². The lowest BCUT2D eigenvalue weighted by atomic mass is 9.94. The van der Waals surface area contributed by atoms with Gasteiger partial charge in [-0.2, -0.15) is 0 Å². The van der Waals surface area contributed by atoms with Crippen LogP contribution in [0.2, 0.25) is 0 Å². The minimum atomic E-state index is -0.127. The van der Waals surface area contributed by atoms with E-state index in [1.165, 1.54) is 6.42 Å². The molecule has 2 unspecified atom stereocenters. The predicted octanol–water partition coefficient (Wildman–Crippen LogP) is 0.503. The van der Waals surface area contributed by atoms with Crippen LogP contribution in [0.3, 0.4) is 0 Å². The summed E-state index contributed by atoms with van der Waals surface area (Å²) in [5, 5.41) is 5.99. The maximum atomic E-state index is 12.0. The monoisotopic (exact) mass is 267 g/mol. The first-order chi connectivity index (χ1) is 9.16. The highest BCUT2D eigenvalue weighted by molar-refractivity contribution is 5.87. The van der Waals surface area contributed by atoms with Gasteiger partial charge in [0, 0.05) is 13.1 Å². The second-order valence-electron chi connectivity index (χ2n) is 5.80. The van der Waals surface area contributed by atoms with E-state index in [0.717, 1.165) is 45.3 Å². The van der Waals surface area contributed by atoms with Crippen LogP contribution >= 0.6 is 0 Å². The summed E-state index contributed by atoms with van der Waals surface area (Å²) in [6.07, 6.45) is 5.36. The SMILES string of the molecule is CC1CCNC(C(=O)NCC(=O)N2CCCCC2)C1. The Morgan fingerprint density at radius 3 is 2.68 bits per heavy atom. The van der Waals surface area contributed by atoms with Gasteiger partial charge in [-0.25, -0.2) is 0 Å². The third-order valence-electron chi connectivity index (χ3n) is 4.11. The van der Waals surface area contributed by atoms with Gasteiger partial charge < -0.3 is 15.5 Å². The fraction of sp³-hybridized carbons (Fsp3) is 0.857. The molecule has 0 aliphatic carbocycles. The van der Waals surface area contributed by atoms with Crippen molar-refractivity contribution in [3.05, 3.63) is 0 Å². The third kappa shape index (κ3) is 4.20. The van der Waals surface area contributed by atoms with E-state index >= 15 is 0 Å². The van der Waals surface area contributed by atoms with Gasteiger partial charge in [0.05, 0.1) is 12.6 Å². The molecule has 0 saturated carbocycles. The molecular weight excluding hydrogens is 242 g/mol. The Bertz CT molecular complexity index is 327. The molecule has 0 aromatic rings. The van der Waals surface area contributed by atoms with Gasteiger partial charge in [0.2, 0.25) is 11.8 Å². The van der Waals surface area contributed by atoms with Gasteiger partial charge in [-0.1, -0.05) is 6.92 Å². The molecule has 0 spiro atoms. The van der Waals surface area contributed by atoms with Gasteiger partial charge in [-0.05, 0) is 44.6 Å². The Hall–Kier alpha value is -1.10. The van der Waals surface area contributed by atoms with Crippen LogP contribution in [0.1, 0.15) is 39.0 Å². The van der Waals surface area contributed by atoms with E-state index in [4.69, 9.17) is 0 Å². The van der Waals surface area contributed by atoms with E-state index in [1.807, 2.05) is 4.90 Å². The van der Waals surface area contributed by atoms with Crippen LogP contribution in [0, 0.1) is 5.92 Å². The largest absolute Gasteiger partial charge is 0.346 e. The molecular formula is C14H25N3O2. The van der Waals surface area contributed by atoms with Crippen molar-refractivity contribution in [2.24, 2.45) is 5.92 Å². The Morgan fingerprint density at radius 2 is 2.00 bits per heavy atom. The van der Waals surface area contributed by atoms with Crippen LogP contribution in [0.15, 0.2) is 0 Å². The molecule has 2 fully saturated rings. The zero-order valence-corrected chi connectivity index (χ0v) is 11.8. The highest BCUT2D eigenvalue weighted by Gasteiger charge is 2.25. The topological polar surface area (TPSA) is 61.4 Å². The van der Waals surface area contributed by atoms with Crippen LogP contribution in [0.5, 0.6) is 0 Å². The minimum Gasteiger partial charge on any atom is -0.346 e. The van der Waals surface area contributed by atoms with Crippen molar-refractivity contribution in [1.82, 2.24) is 15.5 Å². The first-order valence-electron chi connectivity index (χ1n) is 7.45. The standard InChI is InChI=1S/C14H25N3O2/c1-11-5-6-15-12(9-11)14(19)16-10-13(18)17-7-3-2-4-8-17/h11-12,15H,2-10H2,1H3,(H,16,19). The smallest absolute Gasteiger partial charge is 0.241 e. The second-order valence-corrected chi connectivity index (χ2v) is 5.80. The summed E-state index contributed by atoms with van der Waals surface area (Å²) in [5.41, 5.74) is 0. The fourth-order valence-electron chi connectivity index (χ4n) is 2.85. The number of piperidine rings is 2. The number of likely N-dealkylation sites (tertiary alicyclic amines) is 1. The molecule has 2 aliphatic rings. The van der Waals surface area contributed by atoms with Crippen molar-refractivity contribution >= 4 is 11.8 Å². The second kappa shape index (κ2) is 6.89. The molecule has 2 heterocycles. The first kappa shape index (κ1) is 14.3. The number of hydrogen-bond donors (Lipinski definition) is 2. The summed E-state index contributed by atoms with van der Waals surface area (Å²) in [5.74, 6) is 0.601. The molecule has 2 rings (SSSR count). The molecule has 2 saturated heterocycles. The molecule has 5 heteroatoms. The van der Waals surface area contributed by atoms with E-state index in [0.29, 0.717) is 5.92 Å². The summed E-state index contributed by atoms with van der Waals surface area (Å²) in [6, 6.07) is -0.127. The number of nitrogens with one attached hydrogen (secondary N) is 2. The molecule has 108 valence electrons. The average Bonchev–Trinajstić information content (AvgIpc) is 2.45. The molecule has 0 radical (unpaired) electrons. The molecule has 2 amide bonds. The first-order valence-corrected chi connectivity index (χ1v) is 7.45. The van der Waals surface area contributed by atoms with Gasteiger partial charge in [0.1, 0.15) is 0 Å². The summed E-state index contributed by atoms with van der Waals surface area (Å²) in [7, 11) is 0. The van der Waals surface area contributed by atoms with E-state index in [2.05, 4.69) is 17.6 Å². The van der Waals surface area contributed by atoms with Crippen LogP contribution in [-0.2, 0) is 9.59 Å². The maximum Gasteiger partial charge on any atom is 0.241 e. The van der Waals surface area contributed by atoms with Crippen LogP contribution < -0.4 is 10.6 Å². The molecule has 2 aliphatic heterocycles. The molecule has 0 aromatic heterocycles. The Kier molecular flexibility index (Phi) is 5.19. The van der Waals surface area contributed by atoms with Gasteiger partial charge in [0.15, 0.2) is 0 Å². The molecule has 5 nitrogen and oxygen atoms in total. The quantitative estimate of drug-likeness (QED) is 0.783. The van der Waals surface area contributed by atoms with Crippen molar-refractivity contribution < 1.29 is 9.59 Å². The van der Waals surface area contributed by atoms with Crippen molar-refractivity contribution in [2.75, 3.05) is 26.2 Å². The highest BCUT2D eigenvalue weighted by Crippen LogP contribution is 2.15. The van der Waals surface area contributed by atoms with Crippen molar-refractivity contribution in [3.63, 3.8) is 0 Å². The lowest BCUT2D eigenvalue weighted by Crippen LogP contribution is -2.51. The van der Waals surface area contributed by atoms with Crippen molar-refractivity contribution in [1.29, 1.82) is 0 Å². The summed E-state index contributed by atoms with van der Waals surface area (Å²) < 4.78 is 0. The van der Waals surface area contributed by atoms with Crippen LogP contribution in [0.25, 0.3) is 0 Å². The number of rotatable bonds is 3. The summed E-state index contributed by atoms with van der Waals surface area (Å²) in [4.78, 5) is 25.8. The number of carbonyl (C=O) groups excluding carboxylic acids is 2. The van der Waals surface area contributed by atoms with Gasteiger partial charge in [-0.15, -0.1) is 0 Å². The molecule has 19 heavy (non-hydrogen) atoms. The zero-order valence-electron chi connectivity index (χ0n) is 11.8. The lowest BCUT2D eigenvalue weighted by molar-refractivity contribution is -0.134. The zero-order chi connectivity index (χ0) is 13.7. The normalized spacial score (nSPS) is 27.9. The Morgan fingerprint density at radius 1 is 1.26 bits per heavy atom. The van der Waals surface area contributed by atoms with E-state index in [9.17, 15) is 9.59 Å². The molecule has 0 bridgehead atoms. The lowest BCUT2D eigenvalue weighted by Gasteiger charge is -2.29. The Balaban J connectivity index is 1.71. The minimum absolute atomic E-state index is 0.0306. The van der Waals surface area contributed by atoms with Crippen molar-refractivity contribution in [3.8, 4) is 0 Å².